The molecule has 1 fully saturated rings. The molecule has 1 amide bonds. The summed E-state index contributed by atoms with van der Waals surface area (Å²) in [6.45, 7) is 4.61. The van der Waals surface area contributed by atoms with E-state index in [4.69, 9.17) is 4.74 Å². The Morgan fingerprint density at radius 3 is 2.83 bits per heavy atom. The molecular weight excluding hydrogens is 156 g/mol. The van der Waals surface area contributed by atoms with Gasteiger partial charge in [-0.05, 0) is 13.1 Å². The molecule has 1 heterocycles. The average molecular weight is 170 g/mol. The number of rotatable bonds is 3. The van der Waals surface area contributed by atoms with Gasteiger partial charge in [-0.3, -0.25) is 4.79 Å². The molecular formula is C8H14N2O2. The van der Waals surface area contributed by atoms with Gasteiger partial charge in [0.25, 0.3) is 0 Å². The van der Waals surface area contributed by atoms with Crippen molar-refractivity contribution in [2.75, 3.05) is 20.3 Å². The minimum atomic E-state index is -0.147. The second-order valence-corrected chi connectivity index (χ2v) is 2.75. The van der Waals surface area contributed by atoms with E-state index in [1.807, 2.05) is 7.05 Å². The zero-order valence-electron chi connectivity index (χ0n) is 7.17. The number of amides is 1. The van der Waals surface area contributed by atoms with Crippen LogP contribution >= 0.6 is 0 Å². The third kappa shape index (κ3) is 2.06. The van der Waals surface area contributed by atoms with Crippen LogP contribution in [0.5, 0.6) is 0 Å². The lowest BCUT2D eigenvalue weighted by Gasteiger charge is -2.16. The van der Waals surface area contributed by atoms with Crippen molar-refractivity contribution in [1.82, 2.24) is 10.6 Å². The Morgan fingerprint density at radius 2 is 2.25 bits per heavy atom. The molecule has 0 spiro atoms. The molecule has 1 aliphatic heterocycles. The van der Waals surface area contributed by atoms with Crippen molar-refractivity contribution in [3.05, 3.63) is 12.7 Å². The lowest BCUT2D eigenvalue weighted by Crippen LogP contribution is -2.47. The minimum absolute atomic E-state index is 0.0699. The molecule has 0 aromatic carbocycles. The molecule has 0 radical (unpaired) electrons. The summed E-state index contributed by atoms with van der Waals surface area (Å²) in [6, 6.07) is 0.286. The van der Waals surface area contributed by atoms with Crippen LogP contribution < -0.4 is 10.6 Å². The maximum Gasteiger partial charge on any atom is 0.243 e. The van der Waals surface area contributed by atoms with E-state index in [1.54, 1.807) is 0 Å². The lowest BCUT2D eigenvalue weighted by atomic mass is 10.2. The summed E-state index contributed by atoms with van der Waals surface area (Å²) in [5.74, 6) is -0.147. The van der Waals surface area contributed by atoms with Crippen molar-refractivity contribution < 1.29 is 9.53 Å². The van der Waals surface area contributed by atoms with Crippen molar-refractivity contribution in [3.8, 4) is 0 Å². The second-order valence-electron chi connectivity index (χ2n) is 2.75. The van der Waals surface area contributed by atoms with Crippen LogP contribution in [0.2, 0.25) is 0 Å². The van der Waals surface area contributed by atoms with Gasteiger partial charge in [-0.25, -0.2) is 0 Å². The van der Waals surface area contributed by atoms with Gasteiger partial charge in [0, 0.05) is 0 Å². The zero-order chi connectivity index (χ0) is 8.97. The number of likely N-dealkylation sites (N-methyl/N-ethyl adjacent to an activating group) is 1. The highest BCUT2D eigenvalue weighted by Gasteiger charge is 2.27. The molecule has 0 saturated carbocycles. The summed E-state index contributed by atoms with van der Waals surface area (Å²) >= 11 is 0. The lowest BCUT2D eigenvalue weighted by molar-refractivity contribution is -0.117. The number of ether oxygens (including phenoxy) is 1. The van der Waals surface area contributed by atoms with Crippen LogP contribution in [0.25, 0.3) is 0 Å². The highest BCUT2D eigenvalue weighted by molar-refractivity contribution is 5.87. The molecule has 0 unspecified atom stereocenters. The molecule has 0 bridgehead atoms. The summed E-state index contributed by atoms with van der Waals surface area (Å²) in [5.41, 5.74) is 0. The molecule has 1 aliphatic rings. The molecule has 1 saturated heterocycles. The number of carbonyl (C=O) groups excluding carboxylic acids is 1. The Morgan fingerprint density at radius 1 is 1.58 bits per heavy atom. The van der Waals surface area contributed by atoms with Gasteiger partial charge in [0.1, 0.15) is 0 Å². The van der Waals surface area contributed by atoms with Crippen LogP contribution in [0.4, 0.5) is 0 Å². The number of carbonyl (C=O) groups is 1. The van der Waals surface area contributed by atoms with E-state index in [0.29, 0.717) is 13.2 Å². The fourth-order valence-corrected chi connectivity index (χ4v) is 1.22. The third-order valence-electron chi connectivity index (χ3n) is 1.96. The Kier molecular flexibility index (Phi) is 3.25. The van der Waals surface area contributed by atoms with E-state index >= 15 is 0 Å². The summed E-state index contributed by atoms with van der Waals surface area (Å²) < 4.78 is 5.19. The first-order valence-corrected chi connectivity index (χ1v) is 3.96. The quantitative estimate of drug-likeness (QED) is 0.549. The molecule has 1 rings (SSSR count). The molecule has 2 N–H and O–H groups in total. The molecule has 12 heavy (non-hydrogen) atoms. The van der Waals surface area contributed by atoms with Crippen LogP contribution in [0, 0.1) is 0 Å². The van der Waals surface area contributed by atoms with Gasteiger partial charge in [0.05, 0.1) is 25.3 Å². The zero-order valence-corrected chi connectivity index (χ0v) is 7.17. The summed E-state index contributed by atoms with van der Waals surface area (Å²) in [6.07, 6.45) is 1.27. The van der Waals surface area contributed by atoms with Gasteiger partial charge in [0.15, 0.2) is 0 Å². The van der Waals surface area contributed by atoms with Crippen molar-refractivity contribution in [3.63, 3.8) is 0 Å². The maximum atomic E-state index is 10.9. The molecule has 68 valence electrons. The highest BCUT2D eigenvalue weighted by atomic mass is 16.5. The first-order valence-electron chi connectivity index (χ1n) is 3.96. The summed E-state index contributed by atoms with van der Waals surface area (Å²) in [7, 11) is 1.85. The molecule has 0 aliphatic carbocycles. The van der Waals surface area contributed by atoms with Gasteiger partial charge >= 0.3 is 0 Å². The fourth-order valence-electron chi connectivity index (χ4n) is 1.22. The number of nitrogens with one attached hydrogen (secondary N) is 2. The van der Waals surface area contributed by atoms with Crippen molar-refractivity contribution in [2.24, 2.45) is 0 Å². The van der Waals surface area contributed by atoms with Gasteiger partial charge in [-0.2, -0.15) is 0 Å². The largest absolute Gasteiger partial charge is 0.378 e. The van der Waals surface area contributed by atoms with Crippen LogP contribution in [-0.2, 0) is 9.53 Å². The van der Waals surface area contributed by atoms with Crippen LogP contribution in [0.3, 0.4) is 0 Å². The fraction of sp³-hybridized carbons (Fsp3) is 0.625. The van der Waals surface area contributed by atoms with E-state index < -0.39 is 0 Å². The predicted octanol–water partition coefficient (Wildman–Crippen LogP) is -0.725. The van der Waals surface area contributed by atoms with Gasteiger partial charge in [0.2, 0.25) is 5.91 Å². The first-order chi connectivity index (χ1) is 5.77. The van der Waals surface area contributed by atoms with E-state index in [-0.39, 0.29) is 18.0 Å². The molecule has 0 aromatic heterocycles. The van der Waals surface area contributed by atoms with Gasteiger partial charge < -0.3 is 15.4 Å². The minimum Gasteiger partial charge on any atom is -0.378 e. The van der Waals surface area contributed by atoms with E-state index in [0.717, 1.165) is 0 Å². The monoisotopic (exact) mass is 170 g/mol. The highest BCUT2D eigenvalue weighted by Crippen LogP contribution is 2.04. The Balaban J connectivity index is 2.40. The average Bonchev–Trinajstić information content (AvgIpc) is 2.51. The molecule has 4 nitrogen and oxygen atoms in total. The first kappa shape index (κ1) is 9.22. The van der Waals surface area contributed by atoms with Crippen molar-refractivity contribution >= 4 is 5.91 Å². The smallest absolute Gasteiger partial charge is 0.243 e. The van der Waals surface area contributed by atoms with Crippen LogP contribution in [0.1, 0.15) is 0 Å². The van der Waals surface area contributed by atoms with E-state index in [9.17, 15) is 4.79 Å². The SMILES string of the molecule is C=CC(=O)N[C@H]1COC[C@H]1NC. The molecule has 0 aromatic rings. The molecule has 2 atom stereocenters. The number of hydrogen-bond donors (Lipinski definition) is 2. The second kappa shape index (κ2) is 4.23. The normalized spacial score (nSPS) is 28.4. The summed E-state index contributed by atoms with van der Waals surface area (Å²) in [4.78, 5) is 10.9. The van der Waals surface area contributed by atoms with Gasteiger partial charge in [-0.15, -0.1) is 0 Å². The van der Waals surface area contributed by atoms with Crippen molar-refractivity contribution in [1.29, 1.82) is 0 Å². The van der Waals surface area contributed by atoms with Crippen molar-refractivity contribution in [2.45, 2.75) is 12.1 Å². The molecule has 4 heteroatoms. The predicted molar refractivity (Wildman–Crippen MR) is 45.8 cm³/mol. The topological polar surface area (TPSA) is 50.4 Å². The van der Waals surface area contributed by atoms with Gasteiger partial charge in [-0.1, -0.05) is 6.58 Å². The van der Waals surface area contributed by atoms with Crippen LogP contribution in [0.15, 0.2) is 12.7 Å². The number of hydrogen-bond acceptors (Lipinski definition) is 3. The Hall–Kier alpha value is -0.870. The summed E-state index contributed by atoms with van der Waals surface area (Å²) in [5, 5.41) is 5.85. The van der Waals surface area contributed by atoms with E-state index in [1.165, 1.54) is 6.08 Å². The Labute approximate surface area is 72.0 Å². The third-order valence-corrected chi connectivity index (χ3v) is 1.96. The Bertz CT molecular complexity index is 182. The standard InChI is InChI=1S/C8H14N2O2/c1-3-8(11)10-7-5-12-4-6(7)9-2/h3,6-7,9H,1,4-5H2,2H3,(H,10,11)/t6-,7+/m1/s1. The van der Waals surface area contributed by atoms with E-state index in [2.05, 4.69) is 17.2 Å². The maximum absolute atomic E-state index is 10.9. The van der Waals surface area contributed by atoms with Crippen LogP contribution in [-0.4, -0.2) is 38.3 Å².